The van der Waals surface area contributed by atoms with Gasteiger partial charge in [-0.25, -0.2) is 22.0 Å². The number of anilines is 1. The minimum Gasteiger partial charge on any atom is -0.505 e. The molecule has 162 valence electrons. The van der Waals surface area contributed by atoms with Gasteiger partial charge in [0.15, 0.2) is 5.75 Å². The van der Waals surface area contributed by atoms with Crippen molar-refractivity contribution < 1.29 is 31.8 Å². The number of rotatable bonds is 0. The van der Waals surface area contributed by atoms with Gasteiger partial charge in [0.2, 0.25) is 0 Å². The average molecular weight is 477 g/mol. The van der Waals surface area contributed by atoms with Crippen molar-refractivity contribution in [2.75, 3.05) is 4.72 Å². The normalized spacial score (nSPS) is 14.5. The molecule has 0 spiro atoms. The summed E-state index contributed by atoms with van der Waals surface area (Å²) in [6.07, 6.45) is 0. The van der Waals surface area contributed by atoms with Crippen LogP contribution < -0.4 is 4.72 Å². The second-order valence-corrected chi connectivity index (χ2v) is 8.84. The molecule has 11 heteroatoms. The van der Waals surface area contributed by atoms with E-state index in [2.05, 4.69) is 0 Å². The molecule has 3 aromatic rings. The highest BCUT2D eigenvalue weighted by Crippen LogP contribution is 2.37. The van der Waals surface area contributed by atoms with Crippen molar-refractivity contribution in [1.29, 1.82) is 5.26 Å². The van der Waals surface area contributed by atoms with E-state index in [1.54, 1.807) is 0 Å². The summed E-state index contributed by atoms with van der Waals surface area (Å²) in [5.74, 6) is -4.10. The predicted octanol–water partition coefficient (Wildman–Crippen LogP) is 4.33. The Hall–Kier alpha value is -3.68. The third-order valence-corrected chi connectivity index (χ3v) is 6.41. The predicted molar refractivity (Wildman–Crippen MR) is 110 cm³/mol. The Kier molecular flexibility index (Phi) is 5.24. The molecule has 0 fully saturated rings. The summed E-state index contributed by atoms with van der Waals surface area (Å²) in [4.78, 5) is 11.7. The summed E-state index contributed by atoms with van der Waals surface area (Å²) in [6, 6.07) is 9.28. The second kappa shape index (κ2) is 7.78. The maximum absolute atomic E-state index is 14.7. The lowest BCUT2D eigenvalue weighted by Crippen LogP contribution is -2.15. The number of cyclic esters (lactones) is 1. The molecule has 0 saturated carbocycles. The lowest BCUT2D eigenvalue weighted by molar-refractivity contribution is 0.0473. The molecule has 1 aliphatic rings. The fourth-order valence-corrected chi connectivity index (χ4v) is 4.66. The first-order valence-electron chi connectivity index (χ1n) is 8.85. The Balaban J connectivity index is 2.03. The van der Waals surface area contributed by atoms with E-state index < -0.39 is 49.0 Å². The van der Waals surface area contributed by atoms with Crippen molar-refractivity contribution >= 4 is 33.3 Å². The summed E-state index contributed by atoms with van der Waals surface area (Å²) < 4.78 is 62.0. The Bertz CT molecular complexity index is 1450. The van der Waals surface area contributed by atoms with E-state index in [0.717, 1.165) is 18.2 Å². The zero-order chi connectivity index (χ0) is 23.2. The van der Waals surface area contributed by atoms with Gasteiger partial charge in [0.05, 0.1) is 27.9 Å². The number of fused-ring (bicyclic) bond motifs is 6. The van der Waals surface area contributed by atoms with Crippen molar-refractivity contribution in [1.82, 2.24) is 0 Å². The highest BCUT2D eigenvalue weighted by atomic mass is 35.5. The molecular formula is C21H11ClF2N2O5S. The van der Waals surface area contributed by atoms with Crippen molar-refractivity contribution in [2.45, 2.75) is 11.5 Å². The molecule has 0 amide bonds. The van der Waals surface area contributed by atoms with E-state index >= 15 is 0 Å². The van der Waals surface area contributed by atoms with E-state index in [-0.39, 0.29) is 34.4 Å². The Morgan fingerprint density at radius 2 is 1.84 bits per heavy atom. The number of nitrogens with zero attached hydrogens (tertiary/aromatic N) is 1. The van der Waals surface area contributed by atoms with E-state index in [0.29, 0.717) is 6.07 Å². The summed E-state index contributed by atoms with van der Waals surface area (Å²) in [7, 11) is -4.67. The fraction of sp³-hybridized carbons (Fsp3) is 0.0476. The monoisotopic (exact) mass is 476 g/mol. The summed E-state index contributed by atoms with van der Waals surface area (Å²) in [6.45, 7) is -0.375. The van der Waals surface area contributed by atoms with E-state index in [1.807, 2.05) is 10.8 Å². The number of nitriles is 1. The first kappa shape index (κ1) is 21.5. The number of carbonyl (C=O) groups is 1. The minimum atomic E-state index is -4.67. The van der Waals surface area contributed by atoms with Crippen molar-refractivity contribution in [3.63, 3.8) is 0 Å². The maximum atomic E-state index is 14.7. The zero-order valence-electron chi connectivity index (χ0n) is 15.8. The molecule has 0 unspecified atom stereocenters. The first-order chi connectivity index (χ1) is 15.1. The van der Waals surface area contributed by atoms with Crippen LogP contribution in [0.25, 0.3) is 11.1 Å². The molecule has 3 aromatic carbocycles. The van der Waals surface area contributed by atoms with Gasteiger partial charge in [-0.15, -0.1) is 0 Å². The number of hydrogen-bond acceptors (Lipinski definition) is 6. The van der Waals surface area contributed by atoms with Crippen LogP contribution in [-0.4, -0.2) is 19.5 Å². The summed E-state index contributed by atoms with van der Waals surface area (Å²) in [5, 5.41) is 18.9. The van der Waals surface area contributed by atoms with Crippen LogP contribution in [0, 0.1) is 23.0 Å². The molecule has 4 bridgehead atoms. The molecule has 0 aromatic heterocycles. The molecule has 0 aliphatic carbocycles. The van der Waals surface area contributed by atoms with Crippen LogP contribution >= 0.6 is 11.6 Å². The lowest BCUT2D eigenvalue weighted by atomic mass is 9.97. The zero-order valence-corrected chi connectivity index (χ0v) is 17.4. The van der Waals surface area contributed by atoms with Gasteiger partial charge in [0.25, 0.3) is 10.0 Å². The van der Waals surface area contributed by atoms with E-state index in [1.165, 1.54) is 18.2 Å². The quantitative estimate of drug-likeness (QED) is 0.466. The first-order valence-corrected chi connectivity index (χ1v) is 10.7. The van der Waals surface area contributed by atoms with Crippen molar-refractivity contribution in [3.05, 3.63) is 75.8 Å². The molecule has 4 rings (SSSR count). The number of phenols is 1. The summed E-state index contributed by atoms with van der Waals surface area (Å²) in [5.41, 5.74) is -0.625. The molecule has 1 aliphatic heterocycles. The van der Waals surface area contributed by atoms with Gasteiger partial charge < -0.3 is 9.84 Å². The fourth-order valence-electron chi connectivity index (χ4n) is 3.18. The number of sulfonamides is 1. The smallest absolute Gasteiger partial charge is 0.338 e. The molecular weight excluding hydrogens is 466 g/mol. The summed E-state index contributed by atoms with van der Waals surface area (Å²) >= 11 is 5.88. The molecule has 2 N–H and O–H groups in total. The average Bonchev–Trinajstić information content (AvgIpc) is 2.75. The topological polar surface area (TPSA) is 116 Å². The van der Waals surface area contributed by atoms with Crippen LogP contribution in [0.2, 0.25) is 5.02 Å². The van der Waals surface area contributed by atoms with Gasteiger partial charge in [0.1, 0.15) is 23.1 Å². The van der Waals surface area contributed by atoms with Crippen LogP contribution in [0.5, 0.6) is 5.75 Å². The number of ether oxygens (including phenoxy) is 1. The van der Waals surface area contributed by atoms with Gasteiger partial charge in [-0.05, 0) is 41.5 Å². The lowest BCUT2D eigenvalue weighted by Gasteiger charge is -2.14. The Labute approximate surface area is 185 Å². The highest BCUT2D eigenvalue weighted by molar-refractivity contribution is 7.92. The largest absolute Gasteiger partial charge is 0.505 e. The third kappa shape index (κ3) is 3.72. The van der Waals surface area contributed by atoms with Gasteiger partial charge in [-0.2, -0.15) is 5.26 Å². The van der Waals surface area contributed by atoms with Crippen LogP contribution in [0.4, 0.5) is 14.5 Å². The number of aromatic hydroxyl groups is 1. The molecule has 1 heterocycles. The Morgan fingerprint density at radius 1 is 1.09 bits per heavy atom. The highest BCUT2D eigenvalue weighted by Gasteiger charge is 2.27. The van der Waals surface area contributed by atoms with Crippen LogP contribution in [0.1, 0.15) is 21.5 Å². The van der Waals surface area contributed by atoms with Gasteiger partial charge >= 0.3 is 5.97 Å². The standard InChI is InChI=1S/C21H11ClF2N2O5S/c22-15-4-12-5-19(20(15)27)32(29,30)26-18-6-14(16(23)7-17(18)24)13-3-10(8-25)1-2-11(13)9-31-21(12)28/h1-7,26-27H,9H2. The molecule has 0 atom stereocenters. The third-order valence-electron chi connectivity index (χ3n) is 4.74. The SMILES string of the molecule is N#Cc1ccc2c(c1)-c1cc(c(F)cc1F)NS(=O)(=O)c1cc(cc(Cl)c1O)C(=O)OC2. The molecule has 0 saturated heterocycles. The molecule has 0 radical (unpaired) electrons. The maximum Gasteiger partial charge on any atom is 0.338 e. The van der Waals surface area contributed by atoms with Crippen LogP contribution in [0.15, 0.2) is 47.4 Å². The van der Waals surface area contributed by atoms with Crippen molar-refractivity contribution in [3.8, 4) is 22.9 Å². The van der Waals surface area contributed by atoms with E-state index in [4.69, 9.17) is 16.3 Å². The van der Waals surface area contributed by atoms with E-state index in [9.17, 15) is 32.4 Å². The number of hydrogen-bond donors (Lipinski definition) is 2. The number of phenolic OH excluding ortho intramolecular Hbond substituents is 1. The van der Waals surface area contributed by atoms with Gasteiger partial charge in [-0.3, -0.25) is 4.72 Å². The number of nitrogens with one attached hydrogen (secondary N) is 1. The molecule has 7 nitrogen and oxygen atoms in total. The van der Waals surface area contributed by atoms with Crippen LogP contribution in [0.3, 0.4) is 0 Å². The second-order valence-electron chi connectivity index (χ2n) is 6.78. The van der Waals surface area contributed by atoms with Gasteiger partial charge in [0, 0.05) is 11.6 Å². The number of benzene rings is 3. The number of esters is 1. The molecule has 32 heavy (non-hydrogen) atoms. The Morgan fingerprint density at radius 3 is 2.56 bits per heavy atom. The number of carbonyl (C=O) groups excluding carboxylic acids is 1. The van der Waals surface area contributed by atoms with Crippen molar-refractivity contribution in [2.24, 2.45) is 0 Å². The van der Waals surface area contributed by atoms with Crippen LogP contribution in [-0.2, 0) is 21.4 Å². The number of halogens is 3. The minimum absolute atomic E-state index is 0.0987. The van der Waals surface area contributed by atoms with Gasteiger partial charge in [-0.1, -0.05) is 17.7 Å².